The molecule has 2 aromatic rings. The molecule has 116 valence electrons. The molecule has 0 atom stereocenters. The van der Waals surface area contributed by atoms with E-state index in [0.29, 0.717) is 23.7 Å². The topological polar surface area (TPSA) is 29.5 Å². The summed E-state index contributed by atoms with van der Waals surface area (Å²) in [5.74, 6) is 0.738. The second-order valence-corrected chi connectivity index (χ2v) is 6.16. The molecule has 0 aliphatic carbocycles. The zero-order valence-corrected chi connectivity index (χ0v) is 14.6. The minimum atomic E-state index is -0.00442. The van der Waals surface area contributed by atoms with Gasteiger partial charge in [0, 0.05) is 23.1 Å². The lowest BCUT2D eigenvalue weighted by atomic mass is 10.2. The monoisotopic (exact) mass is 381 g/mol. The van der Waals surface area contributed by atoms with Gasteiger partial charge in [0.1, 0.15) is 5.75 Å². The summed E-state index contributed by atoms with van der Waals surface area (Å²) in [6.07, 6.45) is 0.749. The Hall–Kier alpha value is -1.52. The maximum absolute atomic E-state index is 12.3. The molecular formula is C17H17BrClNO2. The Morgan fingerprint density at radius 2 is 2.00 bits per heavy atom. The Kier molecular flexibility index (Phi) is 6.28. The van der Waals surface area contributed by atoms with Crippen molar-refractivity contribution in [1.82, 2.24) is 4.90 Å². The van der Waals surface area contributed by atoms with E-state index >= 15 is 0 Å². The molecular weight excluding hydrogens is 366 g/mol. The first-order valence-corrected chi connectivity index (χ1v) is 8.13. The lowest BCUT2D eigenvalue weighted by Gasteiger charge is -2.18. The molecule has 0 aliphatic heterocycles. The smallest absolute Gasteiger partial charge is 0.254 e. The molecule has 0 bridgehead atoms. The molecule has 5 heteroatoms. The number of rotatable bonds is 6. The van der Waals surface area contributed by atoms with Gasteiger partial charge in [0.25, 0.3) is 5.91 Å². The summed E-state index contributed by atoms with van der Waals surface area (Å²) in [6.45, 7) is 1.16. The van der Waals surface area contributed by atoms with E-state index in [-0.39, 0.29) is 5.91 Å². The molecule has 0 saturated carbocycles. The molecule has 3 nitrogen and oxygen atoms in total. The van der Waals surface area contributed by atoms with Crippen molar-refractivity contribution in [2.75, 3.05) is 20.2 Å². The number of hydrogen-bond acceptors (Lipinski definition) is 2. The fourth-order valence-corrected chi connectivity index (χ4v) is 2.62. The average molecular weight is 383 g/mol. The van der Waals surface area contributed by atoms with Crippen molar-refractivity contribution in [3.63, 3.8) is 0 Å². The third-order valence-electron chi connectivity index (χ3n) is 3.15. The summed E-state index contributed by atoms with van der Waals surface area (Å²) >= 11 is 9.29. The van der Waals surface area contributed by atoms with Gasteiger partial charge in [0.2, 0.25) is 0 Å². The van der Waals surface area contributed by atoms with Crippen LogP contribution in [-0.4, -0.2) is 31.0 Å². The van der Waals surface area contributed by atoms with Gasteiger partial charge in [-0.25, -0.2) is 0 Å². The minimum Gasteiger partial charge on any atom is -0.493 e. The average Bonchev–Trinajstić information content (AvgIpc) is 2.51. The predicted molar refractivity (Wildman–Crippen MR) is 92.7 cm³/mol. The van der Waals surface area contributed by atoms with Gasteiger partial charge in [-0.15, -0.1) is 0 Å². The van der Waals surface area contributed by atoms with E-state index in [1.54, 1.807) is 24.1 Å². The van der Waals surface area contributed by atoms with Crippen LogP contribution in [0, 0.1) is 0 Å². The number of carbonyl (C=O) groups excluding carboxylic acids is 1. The fraction of sp³-hybridized carbons (Fsp3) is 0.235. The van der Waals surface area contributed by atoms with Crippen molar-refractivity contribution < 1.29 is 9.53 Å². The normalized spacial score (nSPS) is 10.3. The predicted octanol–water partition coefficient (Wildman–Crippen LogP) is 4.64. The highest BCUT2D eigenvalue weighted by Crippen LogP contribution is 2.18. The van der Waals surface area contributed by atoms with E-state index in [2.05, 4.69) is 15.9 Å². The first kappa shape index (κ1) is 16.8. The second-order valence-electron chi connectivity index (χ2n) is 4.87. The second kappa shape index (κ2) is 8.20. The van der Waals surface area contributed by atoms with Crippen molar-refractivity contribution in [1.29, 1.82) is 0 Å². The molecule has 2 rings (SSSR count). The maximum atomic E-state index is 12.3. The van der Waals surface area contributed by atoms with E-state index in [1.165, 1.54) is 0 Å². The Balaban J connectivity index is 1.79. The van der Waals surface area contributed by atoms with Crippen LogP contribution in [0.1, 0.15) is 16.8 Å². The zero-order valence-electron chi connectivity index (χ0n) is 12.3. The van der Waals surface area contributed by atoms with Gasteiger partial charge in [-0.1, -0.05) is 29.8 Å². The molecule has 0 spiro atoms. The minimum absolute atomic E-state index is 0.00442. The largest absolute Gasteiger partial charge is 0.493 e. The summed E-state index contributed by atoms with van der Waals surface area (Å²) in [7, 11) is 1.79. The van der Waals surface area contributed by atoms with Gasteiger partial charge in [-0.3, -0.25) is 4.79 Å². The number of amides is 1. The molecule has 0 radical (unpaired) electrons. The Labute approximate surface area is 144 Å². The van der Waals surface area contributed by atoms with E-state index < -0.39 is 0 Å². The number of nitrogens with zero attached hydrogens (tertiary/aromatic N) is 1. The van der Waals surface area contributed by atoms with Crippen molar-refractivity contribution >= 4 is 33.4 Å². The Bertz CT molecular complexity index is 648. The highest BCUT2D eigenvalue weighted by atomic mass is 79.9. The van der Waals surface area contributed by atoms with E-state index in [0.717, 1.165) is 16.6 Å². The highest BCUT2D eigenvalue weighted by Gasteiger charge is 2.13. The molecule has 0 fully saturated rings. The summed E-state index contributed by atoms with van der Waals surface area (Å²) < 4.78 is 6.42. The number of halogens is 2. The maximum Gasteiger partial charge on any atom is 0.254 e. The molecule has 0 N–H and O–H groups in total. The Morgan fingerprint density at radius 3 is 2.73 bits per heavy atom. The molecule has 22 heavy (non-hydrogen) atoms. The van der Waals surface area contributed by atoms with Crippen LogP contribution < -0.4 is 4.74 Å². The summed E-state index contributed by atoms with van der Waals surface area (Å²) in [4.78, 5) is 14.0. The quantitative estimate of drug-likeness (QED) is 0.681. The van der Waals surface area contributed by atoms with E-state index in [9.17, 15) is 4.79 Å². The summed E-state index contributed by atoms with van der Waals surface area (Å²) in [5, 5.41) is 0.652. The van der Waals surface area contributed by atoms with Crippen LogP contribution in [0.2, 0.25) is 5.02 Å². The number of carbonyl (C=O) groups is 1. The summed E-state index contributed by atoms with van der Waals surface area (Å²) in [5.41, 5.74) is 0.667. The van der Waals surface area contributed by atoms with Crippen LogP contribution in [0.3, 0.4) is 0 Å². The first-order chi connectivity index (χ1) is 10.6. The molecule has 0 aliphatic rings. The van der Waals surface area contributed by atoms with Crippen LogP contribution >= 0.6 is 27.5 Å². The Morgan fingerprint density at radius 1 is 1.23 bits per heavy atom. The third-order valence-corrected chi connectivity index (χ3v) is 4.08. The van der Waals surface area contributed by atoms with Gasteiger partial charge in [-0.05, 0) is 52.7 Å². The number of benzene rings is 2. The molecule has 1 amide bonds. The fourth-order valence-electron chi connectivity index (χ4n) is 1.99. The molecule has 0 unspecified atom stereocenters. The van der Waals surface area contributed by atoms with Gasteiger partial charge < -0.3 is 9.64 Å². The lowest BCUT2D eigenvalue weighted by molar-refractivity contribution is 0.0787. The highest BCUT2D eigenvalue weighted by molar-refractivity contribution is 9.10. The van der Waals surface area contributed by atoms with E-state index in [4.69, 9.17) is 16.3 Å². The molecule has 0 heterocycles. The standard InChI is InChI=1S/C17H17BrClNO2/c1-20(17(21)15-8-2-3-9-16(15)18)10-5-11-22-14-7-4-6-13(19)12-14/h2-4,6-9,12H,5,10-11H2,1H3. The van der Waals surface area contributed by atoms with Crippen LogP contribution in [-0.2, 0) is 0 Å². The molecule has 2 aromatic carbocycles. The van der Waals surface area contributed by atoms with Crippen molar-refractivity contribution in [3.05, 3.63) is 63.6 Å². The van der Waals surface area contributed by atoms with Crippen LogP contribution in [0.15, 0.2) is 53.0 Å². The zero-order chi connectivity index (χ0) is 15.9. The lowest BCUT2D eigenvalue weighted by Crippen LogP contribution is -2.28. The van der Waals surface area contributed by atoms with E-state index in [1.807, 2.05) is 36.4 Å². The van der Waals surface area contributed by atoms with Gasteiger partial charge in [-0.2, -0.15) is 0 Å². The van der Waals surface area contributed by atoms with Crippen molar-refractivity contribution in [3.8, 4) is 5.75 Å². The van der Waals surface area contributed by atoms with Gasteiger partial charge >= 0.3 is 0 Å². The van der Waals surface area contributed by atoms with Gasteiger partial charge in [0.05, 0.1) is 12.2 Å². The van der Waals surface area contributed by atoms with Crippen LogP contribution in [0.4, 0.5) is 0 Å². The summed E-state index contributed by atoms with van der Waals surface area (Å²) in [6, 6.07) is 14.7. The van der Waals surface area contributed by atoms with Crippen molar-refractivity contribution in [2.24, 2.45) is 0 Å². The van der Waals surface area contributed by atoms with Crippen LogP contribution in [0.25, 0.3) is 0 Å². The number of hydrogen-bond donors (Lipinski definition) is 0. The van der Waals surface area contributed by atoms with Crippen LogP contribution in [0.5, 0.6) is 5.75 Å². The molecule has 0 aromatic heterocycles. The van der Waals surface area contributed by atoms with Crippen molar-refractivity contribution in [2.45, 2.75) is 6.42 Å². The molecule has 0 saturated heterocycles. The number of ether oxygens (including phenoxy) is 1. The SMILES string of the molecule is CN(CCCOc1cccc(Cl)c1)C(=O)c1ccccc1Br. The third kappa shape index (κ3) is 4.75. The first-order valence-electron chi connectivity index (χ1n) is 6.96. The van der Waals surface area contributed by atoms with Gasteiger partial charge in [0.15, 0.2) is 0 Å².